The minimum atomic E-state index is -0.960. The number of aliphatic hydroxyl groups is 3. The summed E-state index contributed by atoms with van der Waals surface area (Å²) >= 11 is 0. The summed E-state index contributed by atoms with van der Waals surface area (Å²) in [6.45, 7) is 2.68. The smallest absolute Gasteiger partial charge is 0.0979 e. The molecule has 5 atom stereocenters. The molecule has 1 fully saturated rings. The molecule has 0 heterocycles. The second-order valence-corrected chi connectivity index (χ2v) is 6.94. The first-order valence-electron chi connectivity index (χ1n) is 8.96. The Kier molecular flexibility index (Phi) is 5.86. The van der Waals surface area contributed by atoms with Gasteiger partial charge in [-0.15, -0.1) is 0 Å². The molecule has 3 rings (SSSR count). The second kappa shape index (κ2) is 8.11. The zero-order chi connectivity index (χ0) is 17.8. The highest BCUT2D eigenvalue weighted by molar-refractivity contribution is 5.21. The van der Waals surface area contributed by atoms with Gasteiger partial charge in [0.15, 0.2) is 0 Å². The highest BCUT2D eigenvalue weighted by Gasteiger charge is 2.42. The molecule has 0 aliphatic heterocycles. The van der Waals surface area contributed by atoms with Gasteiger partial charge in [0, 0.05) is 12.6 Å². The summed E-state index contributed by atoms with van der Waals surface area (Å²) in [6.07, 6.45) is -1.49. The molecule has 3 N–H and O–H groups in total. The van der Waals surface area contributed by atoms with Crippen LogP contribution in [0, 0.1) is 0 Å². The Labute approximate surface area is 149 Å². The minimum absolute atomic E-state index is 0.000932. The average Bonchev–Trinajstić information content (AvgIpc) is 2.65. The van der Waals surface area contributed by atoms with Crippen LogP contribution in [0.2, 0.25) is 0 Å². The molecule has 1 aliphatic rings. The Hall–Kier alpha value is -1.72. The van der Waals surface area contributed by atoms with Crippen LogP contribution < -0.4 is 0 Å². The van der Waals surface area contributed by atoms with Crippen molar-refractivity contribution in [2.24, 2.45) is 0 Å². The lowest BCUT2D eigenvalue weighted by atomic mass is 9.85. The minimum Gasteiger partial charge on any atom is -0.391 e. The third-order valence-corrected chi connectivity index (χ3v) is 5.27. The second-order valence-electron chi connectivity index (χ2n) is 6.94. The molecule has 0 amide bonds. The first-order chi connectivity index (χ1) is 12.1. The van der Waals surface area contributed by atoms with Gasteiger partial charge in [-0.2, -0.15) is 0 Å². The van der Waals surface area contributed by atoms with E-state index in [1.165, 1.54) is 0 Å². The van der Waals surface area contributed by atoms with Crippen LogP contribution in [-0.2, 0) is 6.54 Å². The van der Waals surface area contributed by atoms with Gasteiger partial charge < -0.3 is 15.3 Å². The normalized spacial score (nSPS) is 28.0. The highest BCUT2D eigenvalue weighted by atomic mass is 16.3. The van der Waals surface area contributed by atoms with Gasteiger partial charge in [0.25, 0.3) is 0 Å². The summed E-state index contributed by atoms with van der Waals surface area (Å²) in [5.74, 6) is 0. The Balaban J connectivity index is 1.93. The number of rotatable bonds is 5. The van der Waals surface area contributed by atoms with Crippen molar-refractivity contribution in [1.29, 1.82) is 0 Å². The van der Waals surface area contributed by atoms with E-state index in [4.69, 9.17) is 0 Å². The molecule has 0 radical (unpaired) electrons. The summed E-state index contributed by atoms with van der Waals surface area (Å²) in [5.41, 5.74) is 2.24. The third-order valence-electron chi connectivity index (χ3n) is 5.27. The molecular weight excluding hydrogens is 314 g/mol. The first-order valence-corrected chi connectivity index (χ1v) is 8.96. The van der Waals surface area contributed by atoms with Crippen LogP contribution in [0.3, 0.4) is 0 Å². The number of hydrogen-bond donors (Lipinski definition) is 3. The fraction of sp³-hybridized carbons (Fsp3) is 0.429. The number of hydrogen-bond acceptors (Lipinski definition) is 4. The largest absolute Gasteiger partial charge is 0.391 e. The maximum atomic E-state index is 10.6. The van der Waals surface area contributed by atoms with Crippen molar-refractivity contribution in [2.45, 2.75) is 56.7 Å². The molecule has 2 aromatic rings. The Bertz CT molecular complexity index is 649. The Morgan fingerprint density at radius 1 is 0.880 bits per heavy atom. The highest BCUT2D eigenvalue weighted by Crippen LogP contribution is 2.32. The Morgan fingerprint density at radius 3 is 2.08 bits per heavy atom. The standard InChI is InChI=1S/C21H27NO3/c1-15(17-10-6-3-7-11-17)22(14-16-8-4-2-5-9-16)20-18(23)12-13-19(24)21(20)25/h2-11,15,18-21,23-25H,12-14H2,1H3/t15-,18+,19+,20+,21-/m1/s1. The third kappa shape index (κ3) is 4.10. The number of nitrogens with zero attached hydrogens (tertiary/aromatic N) is 1. The van der Waals surface area contributed by atoms with Gasteiger partial charge in [0.1, 0.15) is 0 Å². The molecule has 0 bridgehead atoms. The lowest BCUT2D eigenvalue weighted by molar-refractivity contribution is -0.123. The van der Waals surface area contributed by atoms with Crippen molar-refractivity contribution in [1.82, 2.24) is 4.90 Å². The van der Waals surface area contributed by atoms with Crippen LogP contribution in [-0.4, -0.2) is 44.6 Å². The molecule has 4 heteroatoms. The van der Waals surface area contributed by atoms with Gasteiger partial charge in [-0.3, -0.25) is 4.90 Å². The van der Waals surface area contributed by atoms with Crippen molar-refractivity contribution >= 4 is 0 Å². The van der Waals surface area contributed by atoms with Gasteiger partial charge in [-0.1, -0.05) is 60.7 Å². The predicted molar refractivity (Wildman–Crippen MR) is 97.9 cm³/mol. The summed E-state index contributed by atoms with van der Waals surface area (Å²) in [7, 11) is 0. The number of aliphatic hydroxyl groups excluding tert-OH is 3. The van der Waals surface area contributed by atoms with Crippen LogP contribution in [0.25, 0.3) is 0 Å². The molecule has 4 nitrogen and oxygen atoms in total. The summed E-state index contributed by atoms with van der Waals surface area (Å²) in [6, 6.07) is 19.6. The van der Waals surface area contributed by atoms with Gasteiger partial charge >= 0.3 is 0 Å². The topological polar surface area (TPSA) is 63.9 Å². The molecular formula is C21H27NO3. The zero-order valence-electron chi connectivity index (χ0n) is 14.6. The van der Waals surface area contributed by atoms with Gasteiger partial charge in [0.05, 0.1) is 24.4 Å². The molecule has 1 saturated carbocycles. The molecule has 2 aromatic carbocycles. The van der Waals surface area contributed by atoms with E-state index in [1.54, 1.807) is 0 Å². The number of benzene rings is 2. The molecule has 25 heavy (non-hydrogen) atoms. The van der Waals surface area contributed by atoms with E-state index in [9.17, 15) is 15.3 Å². The van der Waals surface area contributed by atoms with E-state index in [2.05, 4.69) is 24.0 Å². The van der Waals surface area contributed by atoms with E-state index in [1.807, 2.05) is 48.5 Å². The van der Waals surface area contributed by atoms with E-state index >= 15 is 0 Å². The van der Waals surface area contributed by atoms with Crippen LogP contribution >= 0.6 is 0 Å². The maximum Gasteiger partial charge on any atom is 0.0979 e. The molecule has 0 unspecified atom stereocenters. The summed E-state index contributed by atoms with van der Waals surface area (Å²) in [5, 5.41) is 31.3. The lowest BCUT2D eigenvalue weighted by Crippen LogP contribution is -2.58. The van der Waals surface area contributed by atoms with E-state index in [0.717, 1.165) is 11.1 Å². The Morgan fingerprint density at radius 2 is 1.44 bits per heavy atom. The van der Waals surface area contributed by atoms with Crippen molar-refractivity contribution in [3.8, 4) is 0 Å². The average molecular weight is 341 g/mol. The molecule has 0 aromatic heterocycles. The monoisotopic (exact) mass is 341 g/mol. The first kappa shape index (κ1) is 18.1. The van der Waals surface area contributed by atoms with E-state index < -0.39 is 24.4 Å². The lowest BCUT2D eigenvalue weighted by Gasteiger charge is -2.45. The summed E-state index contributed by atoms with van der Waals surface area (Å²) < 4.78 is 0. The van der Waals surface area contributed by atoms with E-state index in [-0.39, 0.29) is 6.04 Å². The van der Waals surface area contributed by atoms with Gasteiger partial charge in [-0.25, -0.2) is 0 Å². The predicted octanol–water partition coefficient (Wildman–Crippen LogP) is 2.49. The zero-order valence-corrected chi connectivity index (χ0v) is 14.6. The van der Waals surface area contributed by atoms with Crippen molar-refractivity contribution < 1.29 is 15.3 Å². The van der Waals surface area contributed by atoms with Gasteiger partial charge in [0.2, 0.25) is 0 Å². The van der Waals surface area contributed by atoms with Crippen LogP contribution in [0.15, 0.2) is 60.7 Å². The maximum absolute atomic E-state index is 10.6. The van der Waals surface area contributed by atoms with Crippen LogP contribution in [0.1, 0.15) is 36.9 Å². The fourth-order valence-corrected chi connectivity index (χ4v) is 3.77. The van der Waals surface area contributed by atoms with Crippen molar-refractivity contribution in [2.75, 3.05) is 0 Å². The quantitative estimate of drug-likeness (QED) is 0.782. The molecule has 0 saturated heterocycles. The molecule has 134 valence electrons. The summed E-state index contributed by atoms with van der Waals surface area (Å²) in [4.78, 5) is 2.11. The molecule has 0 spiro atoms. The fourth-order valence-electron chi connectivity index (χ4n) is 3.77. The van der Waals surface area contributed by atoms with Crippen molar-refractivity contribution in [3.05, 3.63) is 71.8 Å². The van der Waals surface area contributed by atoms with Crippen LogP contribution in [0.4, 0.5) is 0 Å². The molecule has 1 aliphatic carbocycles. The van der Waals surface area contributed by atoms with Crippen molar-refractivity contribution in [3.63, 3.8) is 0 Å². The van der Waals surface area contributed by atoms with Crippen LogP contribution in [0.5, 0.6) is 0 Å². The van der Waals surface area contributed by atoms with E-state index in [0.29, 0.717) is 19.4 Å². The van der Waals surface area contributed by atoms with Gasteiger partial charge in [-0.05, 0) is 30.9 Å². The SMILES string of the molecule is C[C@H](c1ccccc1)N(Cc1ccccc1)[C@@H]1[C@H](O)[C@@H](O)CC[C@@H]1O.